The summed E-state index contributed by atoms with van der Waals surface area (Å²) in [5.74, 6) is -0.286. The lowest BCUT2D eigenvalue weighted by Crippen LogP contribution is -2.16. The number of aliphatic hydroxyl groups excluding tert-OH is 1. The van der Waals surface area contributed by atoms with Crippen molar-refractivity contribution in [2.45, 2.75) is 6.10 Å². The molecule has 5 heteroatoms. The molecule has 0 spiro atoms. The predicted octanol–water partition coefficient (Wildman–Crippen LogP) is 1.47. The smallest absolute Gasteiger partial charge is 0.123 e. The molecule has 0 aliphatic rings. The molecule has 0 bridgehead atoms. The molecule has 2 rings (SSSR count). The normalized spacial score (nSPS) is 12.6. The zero-order chi connectivity index (χ0) is 12.3. The van der Waals surface area contributed by atoms with Crippen LogP contribution in [0, 0.1) is 5.82 Å². The van der Waals surface area contributed by atoms with Gasteiger partial charge in [0.1, 0.15) is 5.82 Å². The second-order valence-corrected chi connectivity index (χ2v) is 3.78. The number of aromatic nitrogens is 2. The average molecular weight is 235 g/mol. The van der Waals surface area contributed by atoms with Crippen LogP contribution in [0.5, 0.6) is 0 Å². The molecule has 1 heterocycles. The maximum Gasteiger partial charge on any atom is 0.123 e. The minimum Gasteiger partial charge on any atom is -0.387 e. The van der Waals surface area contributed by atoms with Gasteiger partial charge < -0.3 is 10.4 Å². The Balaban J connectivity index is 2.33. The summed E-state index contributed by atoms with van der Waals surface area (Å²) in [6.07, 6.45) is 0.944. The molecule has 90 valence electrons. The number of hydrogen-bond donors (Lipinski definition) is 3. The van der Waals surface area contributed by atoms with Crippen molar-refractivity contribution < 1.29 is 9.50 Å². The van der Waals surface area contributed by atoms with E-state index in [0.29, 0.717) is 17.8 Å². The summed E-state index contributed by atoms with van der Waals surface area (Å²) in [6.45, 7) is 0.438. The number of aromatic amines is 1. The van der Waals surface area contributed by atoms with Gasteiger partial charge in [0, 0.05) is 17.7 Å². The number of benzene rings is 1. The minimum absolute atomic E-state index is 0.286. The molecule has 0 aliphatic carbocycles. The van der Waals surface area contributed by atoms with Gasteiger partial charge in [0.2, 0.25) is 0 Å². The van der Waals surface area contributed by atoms with Crippen molar-refractivity contribution >= 4 is 0 Å². The maximum atomic E-state index is 12.8. The lowest BCUT2D eigenvalue weighted by atomic mass is 10.0. The Bertz CT molecular complexity index is 481. The van der Waals surface area contributed by atoms with Gasteiger partial charge in [-0.3, -0.25) is 5.10 Å². The van der Waals surface area contributed by atoms with Crippen LogP contribution in [0.2, 0.25) is 0 Å². The highest BCUT2D eigenvalue weighted by molar-refractivity contribution is 5.63. The Morgan fingerprint density at radius 2 is 2.12 bits per heavy atom. The molecule has 0 saturated heterocycles. The van der Waals surface area contributed by atoms with E-state index < -0.39 is 6.10 Å². The van der Waals surface area contributed by atoms with E-state index >= 15 is 0 Å². The van der Waals surface area contributed by atoms with Gasteiger partial charge in [-0.1, -0.05) is 0 Å². The molecule has 1 aromatic heterocycles. The van der Waals surface area contributed by atoms with E-state index in [1.165, 1.54) is 12.1 Å². The third-order valence-electron chi connectivity index (χ3n) is 2.56. The predicted molar refractivity (Wildman–Crippen MR) is 62.9 cm³/mol. The second-order valence-electron chi connectivity index (χ2n) is 3.78. The molecule has 3 N–H and O–H groups in total. The van der Waals surface area contributed by atoms with Crippen molar-refractivity contribution in [2.24, 2.45) is 0 Å². The molecular formula is C12H14FN3O. The summed E-state index contributed by atoms with van der Waals surface area (Å²) in [7, 11) is 1.76. The summed E-state index contributed by atoms with van der Waals surface area (Å²) in [4.78, 5) is 0. The van der Waals surface area contributed by atoms with Crippen molar-refractivity contribution in [3.8, 4) is 11.3 Å². The molecule has 0 aliphatic heterocycles. The van der Waals surface area contributed by atoms with E-state index in [1.807, 2.05) is 0 Å². The lowest BCUT2D eigenvalue weighted by molar-refractivity contribution is 0.178. The number of hydrogen-bond acceptors (Lipinski definition) is 3. The summed E-state index contributed by atoms with van der Waals surface area (Å²) < 4.78 is 12.8. The Morgan fingerprint density at radius 3 is 2.76 bits per heavy atom. The third kappa shape index (κ3) is 2.51. The summed E-state index contributed by atoms with van der Waals surface area (Å²) in [5.41, 5.74) is 2.22. The summed E-state index contributed by atoms with van der Waals surface area (Å²) >= 11 is 0. The fraction of sp³-hybridized carbons (Fsp3) is 0.250. The van der Waals surface area contributed by atoms with Crippen LogP contribution in [0.1, 0.15) is 11.7 Å². The fourth-order valence-electron chi connectivity index (χ4n) is 1.70. The number of likely N-dealkylation sites (N-methyl/N-ethyl adjacent to an activating group) is 1. The molecule has 2 aromatic rings. The molecule has 0 amide bonds. The van der Waals surface area contributed by atoms with Crippen molar-refractivity contribution in [1.82, 2.24) is 15.5 Å². The second kappa shape index (κ2) is 5.07. The van der Waals surface area contributed by atoms with Crippen LogP contribution < -0.4 is 5.32 Å². The van der Waals surface area contributed by atoms with Crippen molar-refractivity contribution in [1.29, 1.82) is 0 Å². The van der Waals surface area contributed by atoms with Gasteiger partial charge in [0.05, 0.1) is 18.0 Å². The van der Waals surface area contributed by atoms with Gasteiger partial charge in [-0.15, -0.1) is 0 Å². The van der Waals surface area contributed by atoms with Crippen LogP contribution >= 0.6 is 0 Å². The quantitative estimate of drug-likeness (QED) is 0.752. The van der Waals surface area contributed by atoms with Gasteiger partial charge in [0.25, 0.3) is 0 Å². The minimum atomic E-state index is -0.640. The molecular weight excluding hydrogens is 221 g/mol. The first kappa shape index (κ1) is 11.8. The van der Waals surface area contributed by atoms with Crippen molar-refractivity contribution in [3.05, 3.63) is 41.8 Å². The molecule has 17 heavy (non-hydrogen) atoms. The van der Waals surface area contributed by atoms with E-state index in [4.69, 9.17) is 0 Å². The van der Waals surface area contributed by atoms with E-state index in [-0.39, 0.29) is 5.82 Å². The van der Waals surface area contributed by atoms with Crippen molar-refractivity contribution in [3.63, 3.8) is 0 Å². The van der Waals surface area contributed by atoms with Crippen LogP contribution in [0.15, 0.2) is 30.5 Å². The Labute approximate surface area is 98.5 Å². The Kier molecular flexibility index (Phi) is 3.51. The molecule has 1 unspecified atom stereocenters. The lowest BCUT2D eigenvalue weighted by Gasteiger charge is -2.10. The first-order chi connectivity index (χ1) is 8.22. The van der Waals surface area contributed by atoms with Crippen molar-refractivity contribution in [2.75, 3.05) is 13.6 Å². The number of nitrogens with zero attached hydrogens (tertiary/aromatic N) is 1. The van der Waals surface area contributed by atoms with Crippen LogP contribution in [0.3, 0.4) is 0 Å². The van der Waals surface area contributed by atoms with E-state index in [1.54, 1.807) is 25.4 Å². The maximum absolute atomic E-state index is 12.8. The molecule has 0 fully saturated rings. The van der Waals surface area contributed by atoms with E-state index in [0.717, 1.165) is 5.56 Å². The van der Waals surface area contributed by atoms with E-state index in [9.17, 15) is 9.50 Å². The van der Waals surface area contributed by atoms with Gasteiger partial charge in [0.15, 0.2) is 0 Å². The van der Waals surface area contributed by atoms with Crippen LogP contribution in [-0.4, -0.2) is 28.9 Å². The number of rotatable bonds is 4. The Hall–Kier alpha value is -1.72. The summed E-state index contributed by atoms with van der Waals surface area (Å²) in [5, 5.41) is 19.5. The van der Waals surface area contributed by atoms with Crippen LogP contribution in [0.4, 0.5) is 4.39 Å². The highest BCUT2D eigenvalue weighted by atomic mass is 19.1. The fourth-order valence-corrected chi connectivity index (χ4v) is 1.70. The van der Waals surface area contributed by atoms with Crippen LogP contribution in [0.25, 0.3) is 11.3 Å². The highest BCUT2D eigenvalue weighted by Crippen LogP contribution is 2.25. The summed E-state index contributed by atoms with van der Waals surface area (Å²) in [6, 6.07) is 6.06. The monoisotopic (exact) mass is 235 g/mol. The molecule has 0 saturated carbocycles. The third-order valence-corrected chi connectivity index (χ3v) is 2.56. The molecule has 0 radical (unpaired) electrons. The molecule has 1 aromatic carbocycles. The van der Waals surface area contributed by atoms with Crippen LogP contribution in [-0.2, 0) is 0 Å². The Morgan fingerprint density at radius 1 is 1.41 bits per heavy atom. The van der Waals surface area contributed by atoms with Gasteiger partial charge >= 0.3 is 0 Å². The van der Waals surface area contributed by atoms with Gasteiger partial charge in [-0.2, -0.15) is 5.10 Å². The average Bonchev–Trinajstić information content (AvgIpc) is 2.79. The number of H-pyrrole nitrogens is 1. The highest BCUT2D eigenvalue weighted by Gasteiger charge is 2.15. The van der Waals surface area contributed by atoms with E-state index in [2.05, 4.69) is 15.5 Å². The SMILES string of the molecule is CNCC(O)c1cn[nH]c1-c1ccc(F)cc1. The first-order valence-corrected chi connectivity index (χ1v) is 5.34. The molecule has 1 atom stereocenters. The number of aliphatic hydroxyl groups is 1. The standard InChI is InChI=1S/C12H14FN3O/c1-14-7-11(17)10-6-15-16-12(10)8-2-4-9(13)5-3-8/h2-6,11,14,17H,7H2,1H3,(H,15,16). The number of halogens is 1. The van der Waals surface area contributed by atoms with Gasteiger partial charge in [-0.05, 0) is 31.3 Å². The molecule has 4 nitrogen and oxygen atoms in total. The zero-order valence-electron chi connectivity index (χ0n) is 9.44. The number of nitrogens with one attached hydrogen (secondary N) is 2. The zero-order valence-corrected chi connectivity index (χ0v) is 9.44. The first-order valence-electron chi connectivity index (χ1n) is 5.34. The topological polar surface area (TPSA) is 60.9 Å². The van der Waals surface area contributed by atoms with Gasteiger partial charge in [-0.25, -0.2) is 4.39 Å². The largest absolute Gasteiger partial charge is 0.387 e.